The number of pyridine rings is 1. The predicted octanol–water partition coefficient (Wildman–Crippen LogP) is 4.61. The lowest BCUT2D eigenvalue weighted by Gasteiger charge is -2.34. The predicted molar refractivity (Wildman–Crippen MR) is 133 cm³/mol. The molecule has 0 radical (unpaired) electrons. The van der Waals surface area contributed by atoms with Gasteiger partial charge in [-0.2, -0.15) is 13.2 Å². The van der Waals surface area contributed by atoms with E-state index in [0.29, 0.717) is 45.4 Å². The summed E-state index contributed by atoms with van der Waals surface area (Å²) < 4.78 is 44.4. The molecule has 1 unspecified atom stereocenters. The Balaban J connectivity index is 1.37. The van der Waals surface area contributed by atoms with Crippen molar-refractivity contribution in [2.24, 2.45) is 5.92 Å². The third-order valence-corrected chi connectivity index (χ3v) is 7.44. The lowest BCUT2D eigenvalue weighted by Crippen LogP contribution is -2.47. The number of hydrogen-bond acceptors (Lipinski definition) is 6. The van der Waals surface area contributed by atoms with Gasteiger partial charge >= 0.3 is 6.18 Å². The molecule has 1 amide bonds. The summed E-state index contributed by atoms with van der Waals surface area (Å²) in [6, 6.07) is 8.12. The molecular formula is C26H32F3N5O2. The topological polar surface area (TPSA) is 69.7 Å². The number of ether oxygens (including phenoxy) is 1. The van der Waals surface area contributed by atoms with Gasteiger partial charge in [0.05, 0.1) is 31.1 Å². The molecule has 0 spiro atoms. The molecule has 3 aliphatic rings. The summed E-state index contributed by atoms with van der Waals surface area (Å²) in [7, 11) is 0. The second kappa shape index (κ2) is 10.3. The van der Waals surface area contributed by atoms with E-state index in [9.17, 15) is 18.0 Å². The molecule has 10 heteroatoms. The van der Waals surface area contributed by atoms with Gasteiger partial charge in [0.15, 0.2) is 0 Å². The zero-order valence-electron chi connectivity index (χ0n) is 20.4. The maximum absolute atomic E-state index is 13.9. The van der Waals surface area contributed by atoms with Crippen LogP contribution in [0.15, 0.2) is 36.5 Å². The Labute approximate surface area is 209 Å². The lowest BCUT2D eigenvalue weighted by atomic mass is 9.84. The average molecular weight is 504 g/mol. The number of aromatic nitrogens is 1. The number of hydrogen-bond donors (Lipinski definition) is 2. The van der Waals surface area contributed by atoms with Gasteiger partial charge in [0.25, 0.3) is 0 Å². The highest BCUT2D eigenvalue weighted by Crippen LogP contribution is 2.40. The van der Waals surface area contributed by atoms with Gasteiger partial charge in [0, 0.05) is 42.5 Å². The summed E-state index contributed by atoms with van der Waals surface area (Å²) >= 11 is 0. The number of fused-ring (bicyclic) bond motifs is 2. The van der Waals surface area contributed by atoms with E-state index in [1.165, 1.54) is 0 Å². The first-order valence-electron chi connectivity index (χ1n) is 12.6. The lowest BCUT2D eigenvalue weighted by molar-refractivity contribution is -0.154. The number of halogens is 3. The Morgan fingerprint density at radius 2 is 1.92 bits per heavy atom. The SMILES string of the molecule is CC(NC1CCC(C(=O)N2Cc3cccnc3Nc3ccc(N4CCOCC4)cc32)CC1)C(F)(F)F. The molecule has 7 nitrogen and oxygen atoms in total. The monoisotopic (exact) mass is 503 g/mol. The van der Waals surface area contributed by atoms with Crippen molar-refractivity contribution < 1.29 is 22.7 Å². The van der Waals surface area contributed by atoms with Crippen LogP contribution in [-0.4, -0.2) is 55.5 Å². The third kappa shape index (κ3) is 5.29. The van der Waals surface area contributed by atoms with E-state index in [0.717, 1.165) is 48.5 Å². The summed E-state index contributed by atoms with van der Waals surface area (Å²) in [5.74, 6) is 0.501. The Kier molecular flexibility index (Phi) is 7.07. The molecule has 2 aromatic rings. The molecule has 1 saturated carbocycles. The Hall–Kier alpha value is -2.85. The van der Waals surface area contributed by atoms with Crippen molar-refractivity contribution in [3.05, 3.63) is 42.1 Å². The fourth-order valence-electron chi connectivity index (χ4n) is 5.30. The second-order valence-corrected chi connectivity index (χ2v) is 9.84. The van der Waals surface area contributed by atoms with Crippen LogP contribution in [0.4, 0.5) is 36.1 Å². The van der Waals surface area contributed by atoms with E-state index in [2.05, 4.69) is 26.6 Å². The zero-order valence-corrected chi connectivity index (χ0v) is 20.4. The van der Waals surface area contributed by atoms with Crippen molar-refractivity contribution in [1.29, 1.82) is 0 Å². The van der Waals surface area contributed by atoms with Crippen molar-refractivity contribution in [3.63, 3.8) is 0 Å². The molecule has 2 aliphatic heterocycles. The first-order chi connectivity index (χ1) is 17.3. The van der Waals surface area contributed by atoms with Crippen LogP contribution in [0.5, 0.6) is 0 Å². The normalized spacial score (nSPS) is 23.2. The van der Waals surface area contributed by atoms with Gasteiger partial charge in [-0.1, -0.05) is 6.07 Å². The maximum Gasteiger partial charge on any atom is 0.403 e. The number of benzene rings is 1. The van der Waals surface area contributed by atoms with E-state index in [1.54, 1.807) is 6.20 Å². The molecule has 194 valence electrons. The maximum atomic E-state index is 13.9. The minimum atomic E-state index is -4.27. The van der Waals surface area contributed by atoms with Crippen LogP contribution in [0, 0.1) is 5.92 Å². The largest absolute Gasteiger partial charge is 0.403 e. The van der Waals surface area contributed by atoms with Crippen molar-refractivity contribution in [3.8, 4) is 0 Å². The summed E-state index contributed by atoms with van der Waals surface area (Å²) in [5, 5.41) is 6.10. The van der Waals surface area contributed by atoms with Gasteiger partial charge in [0.2, 0.25) is 5.91 Å². The molecule has 1 saturated heterocycles. The van der Waals surface area contributed by atoms with Crippen molar-refractivity contribution in [2.75, 3.05) is 41.4 Å². The van der Waals surface area contributed by atoms with Crippen LogP contribution in [-0.2, 0) is 16.1 Å². The molecule has 1 aromatic heterocycles. The summed E-state index contributed by atoms with van der Waals surface area (Å²) in [4.78, 5) is 22.5. The molecule has 0 bridgehead atoms. The number of anilines is 4. The van der Waals surface area contributed by atoms with Gasteiger partial charge in [-0.15, -0.1) is 0 Å². The van der Waals surface area contributed by atoms with E-state index < -0.39 is 12.2 Å². The molecule has 1 aromatic carbocycles. The first kappa shape index (κ1) is 24.8. The number of rotatable bonds is 4. The third-order valence-electron chi connectivity index (χ3n) is 7.44. The van der Waals surface area contributed by atoms with E-state index in [-0.39, 0.29) is 17.9 Å². The number of morpholine rings is 1. The van der Waals surface area contributed by atoms with Crippen LogP contribution in [0.1, 0.15) is 38.2 Å². The van der Waals surface area contributed by atoms with Crippen molar-refractivity contribution >= 4 is 28.8 Å². The van der Waals surface area contributed by atoms with E-state index in [4.69, 9.17) is 4.74 Å². The fraction of sp³-hybridized carbons (Fsp3) is 0.538. The summed E-state index contributed by atoms with van der Waals surface area (Å²) in [6.45, 7) is 4.44. The van der Waals surface area contributed by atoms with Crippen LogP contribution in [0.25, 0.3) is 0 Å². The average Bonchev–Trinajstić information content (AvgIpc) is 3.05. The van der Waals surface area contributed by atoms with E-state index >= 15 is 0 Å². The van der Waals surface area contributed by atoms with Crippen LogP contribution >= 0.6 is 0 Å². The van der Waals surface area contributed by atoms with Crippen molar-refractivity contribution in [2.45, 2.75) is 57.4 Å². The van der Waals surface area contributed by atoms with Crippen LogP contribution in [0.2, 0.25) is 0 Å². The molecule has 3 heterocycles. The number of amides is 1. The molecule has 36 heavy (non-hydrogen) atoms. The minimum absolute atomic E-state index is 0.0104. The van der Waals surface area contributed by atoms with Gasteiger partial charge in [0.1, 0.15) is 11.9 Å². The van der Waals surface area contributed by atoms with Gasteiger partial charge in [-0.25, -0.2) is 4.98 Å². The van der Waals surface area contributed by atoms with Gasteiger partial charge < -0.3 is 25.2 Å². The Morgan fingerprint density at radius 1 is 1.17 bits per heavy atom. The molecule has 5 rings (SSSR count). The molecule has 1 aliphatic carbocycles. The number of carbonyl (C=O) groups excluding carboxylic acids is 1. The van der Waals surface area contributed by atoms with Crippen LogP contribution in [0.3, 0.4) is 0 Å². The zero-order chi connectivity index (χ0) is 25.3. The number of carbonyl (C=O) groups is 1. The van der Waals surface area contributed by atoms with Crippen molar-refractivity contribution in [1.82, 2.24) is 10.3 Å². The summed E-state index contributed by atoms with van der Waals surface area (Å²) in [6.07, 6.45) is -0.341. The highest BCUT2D eigenvalue weighted by molar-refractivity contribution is 6.00. The number of nitrogens with zero attached hydrogens (tertiary/aromatic N) is 3. The second-order valence-electron chi connectivity index (χ2n) is 9.84. The Morgan fingerprint density at radius 3 is 2.64 bits per heavy atom. The molecule has 2 fully saturated rings. The van der Waals surface area contributed by atoms with Gasteiger partial charge in [-0.05, 0) is 56.9 Å². The number of nitrogens with one attached hydrogen (secondary N) is 2. The molecular weight excluding hydrogens is 471 g/mol. The minimum Gasteiger partial charge on any atom is -0.378 e. The quantitative estimate of drug-likeness (QED) is 0.635. The van der Waals surface area contributed by atoms with Gasteiger partial charge in [-0.3, -0.25) is 4.79 Å². The highest BCUT2D eigenvalue weighted by Gasteiger charge is 2.39. The Bertz CT molecular complexity index is 1080. The highest BCUT2D eigenvalue weighted by atomic mass is 19.4. The number of alkyl halides is 3. The molecule has 2 N–H and O–H groups in total. The smallest absolute Gasteiger partial charge is 0.378 e. The fourth-order valence-corrected chi connectivity index (χ4v) is 5.30. The van der Waals surface area contributed by atoms with Crippen LogP contribution < -0.4 is 20.4 Å². The first-order valence-corrected chi connectivity index (χ1v) is 12.6. The summed E-state index contributed by atoms with van der Waals surface area (Å²) in [5.41, 5.74) is 3.56. The molecule has 1 atom stereocenters. The van der Waals surface area contributed by atoms with E-state index in [1.807, 2.05) is 29.2 Å². The standard InChI is InChI=1S/C26H32F3N5O2/c1-17(26(27,28)29)31-20-6-4-18(5-7-20)25(35)34-16-19-3-2-10-30-24(19)32-22-9-8-21(15-23(22)34)33-11-13-36-14-12-33/h2-3,8-10,15,17-18,20,31H,4-7,11-14,16H2,1H3,(H,30,32).